The highest BCUT2D eigenvalue weighted by Gasteiger charge is 2.22. The number of benzene rings is 2. The van der Waals surface area contributed by atoms with Gasteiger partial charge in [0.1, 0.15) is 17.5 Å². The molecule has 0 radical (unpaired) electrons. The molecule has 2 aromatic carbocycles. The first-order valence-corrected chi connectivity index (χ1v) is 7.08. The molecule has 0 aromatic heterocycles. The summed E-state index contributed by atoms with van der Waals surface area (Å²) in [7, 11) is 0. The van der Waals surface area contributed by atoms with Crippen LogP contribution in [0.5, 0.6) is 0 Å². The van der Waals surface area contributed by atoms with Crippen LogP contribution in [-0.4, -0.2) is 0 Å². The molecule has 1 unspecified atom stereocenters. The molecule has 0 aliphatic heterocycles. The second kappa shape index (κ2) is 6.60. The minimum absolute atomic E-state index is 0.0346. The first-order valence-electron chi connectivity index (χ1n) is 6.28. The first kappa shape index (κ1) is 16.0. The van der Waals surface area contributed by atoms with Crippen molar-refractivity contribution in [2.75, 3.05) is 0 Å². The van der Waals surface area contributed by atoms with Gasteiger partial charge in [-0.3, -0.25) is 11.3 Å². The molecule has 0 bridgehead atoms. The molecule has 0 amide bonds. The molecule has 3 N–H and O–H groups in total. The quantitative estimate of drug-likeness (QED) is 0.642. The fraction of sp³-hybridized carbons (Fsp3) is 0.200. The summed E-state index contributed by atoms with van der Waals surface area (Å²) >= 11 is 3.16. The van der Waals surface area contributed by atoms with E-state index < -0.39 is 23.5 Å². The second-order valence-electron chi connectivity index (χ2n) is 4.75. The van der Waals surface area contributed by atoms with E-state index in [1.165, 1.54) is 25.1 Å². The van der Waals surface area contributed by atoms with Gasteiger partial charge in [0.05, 0.1) is 6.04 Å². The Morgan fingerprint density at radius 3 is 2.48 bits per heavy atom. The Morgan fingerprint density at radius 2 is 1.86 bits per heavy atom. The molecular weight excluding hydrogens is 345 g/mol. The van der Waals surface area contributed by atoms with Crippen LogP contribution in [0, 0.1) is 24.4 Å². The number of hydrazine groups is 1. The van der Waals surface area contributed by atoms with Crippen LogP contribution in [0.1, 0.15) is 22.7 Å². The number of nitrogens with two attached hydrogens (primary N) is 1. The van der Waals surface area contributed by atoms with Crippen molar-refractivity contribution in [2.24, 2.45) is 5.84 Å². The first-order chi connectivity index (χ1) is 9.93. The average Bonchev–Trinajstić information content (AvgIpc) is 2.44. The Balaban J connectivity index is 2.39. The molecule has 0 spiro atoms. The Labute approximate surface area is 129 Å². The monoisotopic (exact) mass is 358 g/mol. The zero-order valence-electron chi connectivity index (χ0n) is 11.3. The van der Waals surface area contributed by atoms with Crippen molar-refractivity contribution in [3.05, 3.63) is 68.9 Å². The lowest BCUT2D eigenvalue weighted by Gasteiger charge is -2.19. The van der Waals surface area contributed by atoms with Crippen molar-refractivity contribution in [3.8, 4) is 0 Å². The molecule has 2 rings (SSSR count). The lowest BCUT2D eigenvalue weighted by molar-refractivity contribution is 0.463. The Kier molecular flexibility index (Phi) is 5.03. The van der Waals surface area contributed by atoms with Gasteiger partial charge in [0, 0.05) is 10.0 Å². The van der Waals surface area contributed by atoms with E-state index in [1.54, 1.807) is 12.1 Å². The predicted octanol–water partition coefficient (Wildman–Crippen LogP) is 3.92. The fourth-order valence-electron chi connectivity index (χ4n) is 2.15. The second-order valence-corrected chi connectivity index (χ2v) is 5.67. The van der Waals surface area contributed by atoms with Crippen molar-refractivity contribution >= 4 is 15.9 Å². The molecule has 21 heavy (non-hydrogen) atoms. The minimum Gasteiger partial charge on any atom is -0.271 e. The van der Waals surface area contributed by atoms with Gasteiger partial charge in [-0.25, -0.2) is 13.2 Å². The lowest BCUT2D eigenvalue weighted by atomic mass is 9.96. The van der Waals surface area contributed by atoms with Gasteiger partial charge in [-0.2, -0.15) is 0 Å². The summed E-state index contributed by atoms with van der Waals surface area (Å²) in [6.45, 7) is 1.53. The predicted molar refractivity (Wildman–Crippen MR) is 79.0 cm³/mol. The van der Waals surface area contributed by atoms with Gasteiger partial charge in [-0.15, -0.1) is 0 Å². The normalized spacial score (nSPS) is 12.5. The van der Waals surface area contributed by atoms with Crippen LogP contribution < -0.4 is 11.3 Å². The molecule has 0 aliphatic carbocycles. The lowest BCUT2D eigenvalue weighted by Crippen LogP contribution is -2.31. The smallest absolute Gasteiger partial charge is 0.133 e. The maximum absolute atomic E-state index is 14.1. The summed E-state index contributed by atoms with van der Waals surface area (Å²) in [6, 6.07) is 6.18. The van der Waals surface area contributed by atoms with Crippen molar-refractivity contribution in [1.82, 2.24) is 5.43 Å². The number of halogens is 4. The van der Waals surface area contributed by atoms with Gasteiger partial charge < -0.3 is 0 Å². The standard InChI is InChI=1S/C15H14BrF3N2/c1-8-2-5-11(17)14(15(8)19)13(21-20)6-9-3-4-10(16)7-12(9)18/h2-5,7,13,21H,6,20H2,1H3. The number of rotatable bonds is 4. The summed E-state index contributed by atoms with van der Waals surface area (Å²) in [4.78, 5) is 0. The molecular formula is C15H14BrF3N2. The molecule has 6 heteroatoms. The van der Waals surface area contributed by atoms with E-state index in [1.807, 2.05) is 0 Å². The van der Waals surface area contributed by atoms with Gasteiger partial charge in [0.2, 0.25) is 0 Å². The number of aryl methyl sites for hydroxylation is 1. The third-order valence-electron chi connectivity index (χ3n) is 3.31. The maximum atomic E-state index is 14.1. The van der Waals surface area contributed by atoms with Crippen molar-refractivity contribution in [3.63, 3.8) is 0 Å². The van der Waals surface area contributed by atoms with Crippen molar-refractivity contribution in [2.45, 2.75) is 19.4 Å². The zero-order valence-corrected chi connectivity index (χ0v) is 12.8. The summed E-state index contributed by atoms with van der Waals surface area (Å²) in [6.07, 6.45) is 0.0346. The van der Waals surface area contributed by atoms with Crippen LogP contribution in [0.3, 0.4) is 0 Å². The third-order valence-corrected chi connectivity index (χ3v) is 3.80. The van der Waals surface area contributed by atoms with Crippen LogP contribution in [-0.2, 0) is 6.42 Å². The summed E-state index contributed by atoms with van der Waals surface area (Å²) < 4.78 is 42.5. The van der Waals surface area contributed by atoms with Gasteiger partial charge in [-0.1, -0.05) is 28.1 Å². The highest BCUT2D eigenvalue weighted by molar-refractivity contribution is 9.10. The Morgan fingerprint density at radius 1 is 1.14 bits per heavy atom. The molecule has 2 aromatic rings. The highest BCUT2D eigenvalue weighted by Crippen LogP contribution is 2.27. The number of hydrogen-bond donors (Lipinski definition) is 2. The van der Waals surface area contributed by atoms with Crippen LogP contribution in [0.2, 0.25) is 0 Å². The number of hydrogen-bond acceptors (Lipinski definition) is 2. The number of nitrogens with one attached hydrogen (secondary N) is 1. The largest absolute Gasteiger partial charge is 0.271 e. The maximum Gasteiger partial charge on any atom is 0.133 e. The van der Waals surface area contributed by atoms with Gasteiger partial charge in [0.25, 0.3) is 0 Å². The van der Waals surface area contributed by atoms with E-state index >= 15 is 0 Å². The molecule has 0 aliphatic rings. The van der Waals surface area contributed by atoms with E-state index in [-0.39, 0.29) is 12.0 Å². The molecule has 0 saturated heterocycles. The molecule has 112 valence electrons. The minimum atomic E-state index is -0.861. The van der Waals surface area contributed by atoms with E-state index in [9.17, 15) is 13.2 Å². The fourth-order valence-corrected chi connectivity index (χ4v) is 2.48. The molecule has 0 saturated carbocycles. The summed E-state index contributed by atoms with van der Waals surface area (Å²) in [5.74, 6) is 3.56. The topological polar surface area (TPSA) is 38.0 Å². The Hall–Kier alpha value is -1.37. The molecule has 2 nitrogen and oxygen atoms in total. The molecule has 0 heterocycles. The van der Waals surface area contributed by atoms with Crippen LogP contribution in [0.15, 0.2) is 34.8 Å². The van der Waals surface area contributed by atoms with Crippen molar-refractivity contribution < 1.29 is 13.2 Å². The highest BCUT2D eigenvalue weighted by atomic mass is 79.9. The van der Waals surface area contributed by atoms with E-state index in [4.69, 9.17) is 5.84 Å². The SMILES string of the molecule is Cc1ccc(F)c(C(Cc2ccc(Br)cc2F)NN)c1F. The average molecular weight is 359 g/mol. The van der Waals surface area contributed by atoms with Crippen molar-refractivity contribution in [1.29, 1.82) is 0 Å². The molecule has 0 fully saturated rings. The summed E-state index contributed by atoms with van der Waals surface area (Å²) in [5, 5.41) is 0. The zero-order chi connectivity index (χ0) is 15.6. The van der Waals surface area contributed by atoms with E-state index in [0.29, 0.717) is 15.6 Å². The van der Waals surface area contributed by atoms with E-state index in [2.05, 4.69) is 21.4 Å². The van der Waals surface area contributed by atoms with Gasteiger partial charge in [0.15, 0.2) is 0 Å². The van der Waals surface area contributed by atoms with Crippen LogP contribution >= 0.6 is 15.9 Å². The van der Waals surface area contributed by atoms with Crippen LogP contribution in [0.4, 0.5) is 13.2 Å². The third kappa shape index (κ3) is 3.45. The van der Waals surface area contributed by atoms with Gasteiger partial charge >= 0.3 is 0 Å². The Bertz CT molecular complexity index is 662. The summed E-state index contributed by atoms with van der Waals surface area (Å²) in [5.41, 5.74) is 2.81. The molecule has 1 atom stereocenters. The van der Waals surface area contributed by atoms with E-state index in [0.717, 1.165) is 0 Å². The van der Waals surface area contributed by atoms with Crippen LogP contribution in [0.25, 0.3) is 0 Å². The van der Waals surface area contributed by atoms with Gasteiger partial charge in [-0.05, 0) is 42.7 Å².